The first-order valence-electron chi connectivity index (χ1n) is 10.9. The van der Waals surface area contributed by atoms with Crippen molar-refractivity contribution in [1.82, 2.24) is 14.7 Å². The monoisotopic (exact) mass is 401 g/mol. The molecule has 0 spiro atoms. The highest BCUT2D eigenvalue weighted by Gasteiger charge is 2.53. The fourth-order valence-corrected chi connectivity index (χ4v) is 5.35. The number of likely N-dealkylation sites (N-methyl/N-ethyl adjacent to an activating group) is 1. The molecule has 0 saturated carbocycles. The summed E-state index contributed by atoms with van der Waals surface area (Å²) < 4.78 is 5.61. The van der Waals surface area contributed by atoms with Gasteiger partial charge in [-0.3, -0.25) is 14.6 Å². The molecule has 0 radical (unpaired) electrons. The average Bonchev–Trinajstić information content (AvgIpc) is 3.06. The summed E-state index contributed by atoms with van der Waals surface area (Å²) in [6.07, 6.45) is 0.630. The van der Waals surface area contributed by atoms with Gasteiger partial charge in [0.05, 0.1) is 12.0 Å². The largest absolute Gasteiger partial charge is 0.481 e. The van der Waals surface area contributed by atoms with Crippen LogP contribution in [-0.4, -0.2) is 85.3 Å². The third-order valence-electron chi connectivity index (χ3n) is 7.35. The molecule has 3 saturated heterocycles. The van der Waals surface area contributed by atoms with E-state index in [1.165, 1.54) is 22.3 Å². The number of fused-ring (bicyclic) bond motifs is 1. The van der Waals surface area contributed by atoms with Crippen LogP contribution < -0.4 is 0 Å². The summed E-state index contributed by atoms with van der Waals surface area (Å²) in [6, 6.07) is 4.61. The number of carbonyl (C=O) groups is 1. The quantitative estimate of drug-likeness (QED) is 0.814. The van der Waals surface area contributed by atoms with E-state index in [1.807, 2.05) is 0 Å². The number of nitrogens with zero attached hydrogens (tertiary/aromatic N) is 3. The predicted octanol–water partition coefficient (Wildman–Crippen LogP) is 1.97. The van der Waals surface area contributed by atoms with Crippen molar-refractivity contribution in [2.24, 2.45) is 11.3 Å². The Hall–Kier alpha value is -1.47. The highest BCUT2D eigenvalue weighted by atomic mass is 16.5. The van der Waals surface area contributed by atoms with Gasteiger partial charge in [-0.15, -0.1) is 0 Å². The van der Waals surface area contributed by atoms with Gasteiger partial charge in [0.15, 0.2) is 0 Å². The van der Waals surface area contributed by atoms with E-state index in [1.54, 1.807) is 0 Å². The van der Waals surface area contributed by atoms with Crippen LogP contribution in [0.4, 0.5) is 0 Å². The topological polar surface area (TPSA) is 56.2 Å². The molecule has 0 aromatic heterocycles. The molecule has 0 aliphatic carbocycles. The van der Waals surface area contributed by atoms with Crippen LogP contribution in [0.2, 0.25) is 0 Å². The summed E-state index contributed by atoms with van der Waals surface area (Å²) in [7, 11) is 2.19. The Bertz CT molecular complexity index is 760. The van der Waals surface area contributed by atoms with Crippen molar-refractivity contribution >= 4 is 5.97 Å². The lowest BCUT2D eigenvalue weighted by atomic mass is 9.74. The van der Waals surface area contributed by atoms with Crippen molar-refractivity contribution in [1.29, 1.82) is 0 Å². The van der Waals surface area contributed by atoms with E-state index < -0.39 is 11.4 Å². The molecule has 1 aromatic carbocycles. The first kappa shape index (κ1) is 20.8. The third-order valence-corrected chi connectivity index (χ3v) is 7.35. The summed E-state index contributed by atoms with van der Waals surface area (Å²) in [4.78, 5) is 19.4. The molecule has 160 valence electrons. The van der Waals surface area contributed by atoms with E-state index >= 15 is 0 Å². The fraction of sp³-hybridized carbons (Fsp3) is 0.696. The molecule has 0 amide bonds. The van der Waals surface area contributed by atoms with E-state index in [0.29, 0.717) is 26.2 Å². The maximum Gasteiger partial charge on any atom is 0.311 e. The van der Waals surface area contributed by atoms with Crippen molar-refractivity contribution in [3.63, 3.8) is 0 Å². The Labute approximate surface area is 174 Å². The van der Waals surface area contributed by atoms with Crippen LogP contribution in [0.5, 0.6) is 0 Å². The van der Waals surface area contributed by atoms with E-state index in [4.69, 9.17) is 4.74 Å². The summed E-state index contributed by atoms with van der Waals surface area (Å²) in [5.41, 5.74) is 4.79. The Kier molecular flexibility index (Phi) is 5.98. The van der Waals surface area contributed by atoms with Gasteiger partial charge in [-0.25, -0.2) is 0 Å². The minimum atomic E-state index is -0.648. The average molecular weight is 402 g/mol. The van der Waals surface area contributed by atoms with Gasteiger partial charge in [-0.2, -0.15) is 0 Å². The molecule has 2 atom stereocenters. The second-order valence-electron chi connectivity index (χ2n) is 9.44. The molecule has 3 fully saturated rings. The number of aryl methyl sites for hydroxylation is 1. The molecule has 6 heteroatoms. The van der Waals surface area contributed by atoms with Crippen LogP contribution >= 0.6 is 0 Å². The van der Waals surface area contributed by atoms with Crippen LogP contribution in [0, 0.1) is 25.2 Å². The molecule has 3 aliphatic rings. The smallest absolute Gasteiger partial charge is 0.311 e. The predicted molar refractivity (Wildman–Crippen MR) is 113 cm³/mol. The fourth-order valence-electron chi connectivity index (χ4n) is 5.35. The van der Waals surface area contributed by atoms with Crippen LogP contribution in [0.1, 0.15) is 28.7 Å². The minimum Gasteiger partial charge on any atom is -0.481 e. The molecule has 3 heterocycles. The van der Waals surface area contributed by atoms with E-state index in [9.17, 15) is 9.90 Å². The van der Waals surface area contributed by atoms with Gasteiger partial charge >= 0.3 is 5.97 Å². The van der Waals surface area contributed by atoms with Gasteiger partial charge in [-0.1, -0.05) is 17.7 Å². The maximum atomic E-state index is 12.1. The van der Waals surface area contributed by atoms with Gasteiger partial charge < -0.3 is 14.7 Å². The normalized spacial score (nSPS) is 29.1. The lowest BCUT2D eigenvalue weighted by molar-refractivity contribution is -0.157. The Morgan fingerprint density at radius 2 is 1.79 bits per heavy atom. The summed E-state index contributed by atoms with van der Waals surface area (Å²) in [5, 5.41) is 9.94. The second-order valence-corrected chi connectivity index (χ2v) is 9.44. The van der Waals surface area contributed by atoms with Crippen molar-refractivity contribution in [3.8, 4) is 0 Å². The van der Waals surface area contributed by atoms with Crippen LogP contribution in [0.15, 0.2) is 12.1 Å². The van der Waals surface area contributed by atoms with E-state index in [-0.39, 0.29) is 5.92 Å². The zero-order chi connectivity index (χ0) is 20.6. The molecule has 0 unspecified atom stereocenters. The maximum absolute atomic E-state index is 12.1. The lowest BCUT2D eigenvalue weighted by Crippen LogP contribution is -2.44. The number of carboxylic acid groups (broad SMARTS) is 1. The molecule has 29 heavy (non-hydrogen) atoms. The SMILES string of the molecule is Cc1cc(CN2CCN(C)CC2)c(C)c(CN2C[C@@H]3COCC[C@]3(C(=O)O)C2)c1. The first-order chi connectivity index (χ1) is 13.9. The second kappa shape index (κ2) is 8.34. The Morgan fingerprint density at radius 1 is 1.14 bits per heavy atom. The lowest BCUT2D eigenvalue weighted by Gasteiger charge is -2.34. The number of piperazine rings is 1. The molecular weight excluding hydrogens is 366 g/mol. The van der Waals surface area contributed by atoms with Crippen molar-refractivity contribution in [3.05, 3.63) is 34.4 Å². The molecule has 0 bridgehead atoms. The first-order valence-corrected chi connectivity index (χ1v) is 10.9. The van der Waals surface area contributed by atoms with Crippen molar-refractivity contribution in [2.75, 3.05) is 59.5 Å². The molecule has 3 aliphatic heterocycles. The third kappa shape index (κ3) is 4.22. The Balaban J connectivity index is 1.49. The summed E-state index contributed by atoms with van der Waals surface area (Å²) >= 11 is 0. The van der Waals surface area contributed by atoms with Crippen LogP contribution in [0.25, 0.3) is 0 Å². The number of aliphatic carboxylic acids is 1. The number of rotatable bonds is 5. The van der Waals surface area contributed by atoms with E-state index in [2.05, 4.69) is 47.7 Å². The summed E-state index contributed by atoms with van der Waals surface area (Å²) in [5.74, 6) is -0.548. The zero-order valence-corrected chi connectivity index (χ0v) is 18.1. The van der Waals surface area contributed by atoms with Crippen LogP contribution in [-0.2, 0) is 22.6 Å². The van der Waals surface area contributed by atoms with Crippen molar-refractivity contribution < 1.29 is 14.6 Å². The number of hydrogen-bond donors (Lipinski definition) is 1. The number of hydrogen-bond acceptors (Lipinski definition) is 5. The highest BCUT2D eigenvalue weighted by molar-refractivity contribution is 5.76. The summed E-state index contributed by atoms with van der Waals surface area (Å²) in [6.45, 7) is 13.3. The van der Waals surface area contributed by atoms with Gasteiger partial charge in [0.1, 0.15) is 0 Å². The van der Waals surface area contributed by atoms with Crippen LogP contribution in [0.3, 0.4) is 0 Å². The van der Waals surface area contributed by atoms with Gasteiger partial charge in [0.25, 0.3) is 0 Å². The highest BCUT2D eigenvalue weighted by Crippen LogP contribution is 2.43. The molecule has 4 rings (SSSR count). The van der Waals surface area contributed by atoms with Gasteiger partial charge in [0, 0.05) is 64.9 Å². The van der Waals surface area contributed by atoms with Gasteiger partial charge in [0.2, 0.25) is 0 Å². The van der Waals surface area contributed by atoms with E-state index in [0.717, 1.165) is 45.8 Å². The van der Waals surface area contributed by atoms with Gasteiger partial charge in [-0.05, 0) is 44.0 Å². The number of benzene rings is 1. The molecule has 1 N–H and O–H groups in total. The molecule has 1 aromatic rings. The van der Waals surface area contributed by atoms with Crippen molar-refractivity contribution in [2.45, 2.75) is 33.4 Å². The molecule has 6 nitrogen and oxygen atoms in total. The minimum absolute atomic E-state index is 0.101. The number of ether oxygens (including phenoxy) is 1. The zero-order valence-electron chi connectivity index (χ0n) is 18.1. The number of carboxylic acids is 1. The standard InChI is InChI=1S/C23H35N3O3/c1-17-10-19(12-25-7-5-24(3)6-8-25)18(2)20(11-17)13-26-14-21-15-29-9-4-23(21,16-26)22(27)28/h10-11,21H,4-9,12-16H2,1-3H3,(H,27,28)/t21-,23+/m1/s1. The number of likely N-dealkylation sites (tertiary alicyclic amines) is 1. The molecular formula is C23H35N3O3. The Morgan fingerprint density at radius 3 is 2.41 bits per heavy atom.